The molecule has 0 radical (unpaired) electrons. The molecule has 2 atom stereocenters. The van der Waals surface area contributed by atoms with E-state index in [1.165, 1.54) is 51.6 Å². The van der Waals surface area contributed by atoms with Crippen LogP contribution in [-0.2, 0) is 0 Å². The van der Waals surface area contributed by atoms with Crippen LogP contribution in [0, 0.1) is 5.92 Å². The quantitative estimate of drug-likeness (QED) is 0.749. The third-order valence-electron chi connectivity index (χ3n) is 4.12. The van der Waals surface area contributed by atoms with Crippen LogP contribution in [0.2, 0.25) is 0 Å². The smallest absolute Gasteiger partial charge is 0.0223 e. The van der Waals surface area contributed by atoms with Gasteiger partial charge in [-0.2, -0.15) is 0 Å². The van der Waals surface area contributed by atoms with E-state index < -0.39 is 0 Å². The summed E-state index contributed by atoms with van der Waals surface area (Å²) in [6.45, 7) is 4.90. The van der Waals surface area contributed by atoms with Gasteiger partial charge in [0.15, 0.2) is 0 Å². The first-order chi connectivity index (χ1) is 7.36. The van der Waals surface area contributed by atoms with Crippen LogP contribution < -0.4 is 5.32 Å². The van der Waals surface area contributed by atoms with Crippen molar-refractivity contribution in [2.45, 2.75) is 57.5 Å². The van der Waals surface area contributed by atoms with Crippen LogP contribution in [0.3, 0.4) is 0 Å². The Kier molecular flexibility index (Phi) is 4.04. The minimum atomic E-state index is 0.814. The van der Waals surface area contributed by atoms with Gasteiger partial charge < -0.3 is 5.32 Å². The average Bonchev–Trinajstić information content (AvgIpc) is 3.06. The molecule has 0 spiro atoms. The van der Waals surface area contributed by atoms with E-state index in [9.17, 15) is 0 Å². The van der Waals surface area contributed by atoms with Crippen LogP contribution in [0.25, 0.3) is 0 Å². The van der Waals surface area contributed by atoms with Gasteiger partial charge in [-0.05, 0) is 51.6 Å². The Morgan fingerprint density at radius 1 is 1.27 bits per heavy atom. The first-order valence-electron chi connectivity index (χ1n) is 6.77. The molecule has 2 unspecified atom stereocenters. The van der Waals surface area contributed by atoms with Crippen LogP contribution in [0.15, 0.2) is 0 Å². The molecule has 0 amide bonds. The molecule has 1 aliphatic carbocycles. The first-order valence-corrected chi connectivity index (χ1v) is 6.77. The van der Waals surface area contributed by atoms with E-state index in [0.717, 1.165) is 18.0 Å². The van der Waals surface area contributed by atoms with Crippen molar-refractivity contribution in [1.29, 1.82) is 0 Å². The second kappa shape index (κ2) is 5.31. The lowest BCUT2D eigenvalue weighted by molar-refractivity contribution is 0.0801. The molecule has 0 aromatic heterocycles. The summed E-state index contributed by atoms with van der Waals surface area (Å²) in [6.07, 6.45) is 8.59. The van der Waals surface area contributed by atoms with Gasteiger partial charge in [0, 0.05) is 18.6 Å². The Balaban J connectivity index is 1.95. The summed E-state index contributed by atoms with van der Waals surface area (Å²) in [5, 5.41) is 3.36. The van der Waals surface area contributed by atoms with Crippen molar-refractivity contribution in [3.63, 3.8) is 0 Å². The molecular weight excluding hydrogens is 184 g/mol. The summed E-state index contributed by atoms with van der Waals surface area (Å²) < 4.78 is 0. The molecule has 1 N–H and O–H groups in total. The van der Waals surface area contributed by atoms with Gasteiger partial charge >= 0.3 is 0 Å². The molecule has 2 rings (SSSR count). The second-order valence-electron chi connectivity index (χ2n) is 5.26. The Morgan fingerprint density at radius 2 is 2.07 bits per heavy atom. The maximum atomic E-state index is 3.36. The third kappa shape index (κ3) is 2.73. The summed E-state index contributed by atoms with van der Waals surface area (Å²) in [4.78, 5) is 2.82. The number of nitrogens with zero attached hydrogens (tertiary/aromatic N) is 1. The normalized spacial score (nSPS) is 30.4. The standard InChI is InChI=1S/C13H26N2/c1-3-13(11-7-8-11)15-9-5-4-6-12(15)10-14-2/h11-14H,3-10H2,1-2H3. The van der Waals surface area contributed by atoms with E-state index in [4.69, 9.17) is 0 Å². The molecular formula is C13H26N2. The SMILES string of the molecule is CCC(C1CC1)N1CCCCC1CNC. The number of piperidine rings is 1. The zero-order valence-electron chi connectivity index (χ0n) is 10.3. The molecule has 0 aromatic carbocycles. The van der Waals surface area contributed by atoms with Crippen molar-refractivity contribution < 1.29 is 0 Å². The van der Waals surface area contributed by atoms with Crippen molar-refractivity contribution in [1.82, 2.24) is 10.2 Å². The number of nitrogens with one attached hydrogen (secondary N) is 1. The van der Waals surface area contributed by atoms with E-state index in [1.54, 1.807) is 0 Å². The van der Waals surface area contributed by atoms with Crippen molar-refractivity contribution in [2.75, 3.05) is 20.1 Å². The topological polar surface area (TPSA) is 15.3 Å². The van der Waals surface area contributed by atoms with Gasteiger partial charge in [0.05, 0.1) is 0 Å². The van der Waals surface area contributed by atoms with Gasteiger partial charge in [-0.3, -0.25) is 4.90 Å². The molecule has 1 heterocycles. The second-order valence-corrected chi connectivity index (χ2v) is 5.26. The van der Waals surface area contributed by atoms with Crippen LogP contribution >= 0.6 is 0 Å². The van der Waals surface area contributed by atoms with E-state index in [1.807, 2.05) is 0 Å². The Hall–Kier alpha value is -0.0800. The number of hydrogen-bond donors (Lipinski definition) is 1. The van der Waals surface area contributed by atoms with Gasteiger partial charge in [0.1, 0.15) is 0 Å². The summed E-state index contributed by atoms with van der Waals surface area (Å²) >= 11 is 0. The fourth-order valence-corrected chi connectivity index (χ4v) is 3.23. The van der Waals surface area contributed by atoms with E-state index in [2.05, 4.69) is 24.2 Å². The lowest BCUT2D eigenvalue weighted by Crippen LogP contribution is -2.50. The van der Waals surface area contributed by atoms with Gasteiger partial charge in [0.25, 0.3) is 0 Å². The first kappa shape index (κ1) is 11.4. The van der Waals surface area contributed by atoms with Crippen molar-refractivity contribution in [3.8, 4) is 0 Å². The van der Waals surface area contributed by atoms with Crippen molar-refractivity contribution in [2.24, 2.45) is 5.92 Å². The fourth-order valence-electron chi connectivity index (χ4n) is 3.23. The number of likely N-dealkylation sites (tertiary alicyclic amines) is 1. The summed E-state index contributed by atoms with van der Waals surface area (Å²) in [6, 6.07) is 1.71. The molecule has 2 heteroatoms. The van der Waals surface area contributed by atoms with Crippen molar-refractivity contribution in [3.05, 3.63) is 0 Å². The Labute approximate surface area is 94.4 Å². The molecule has 0 aromatic rings. The minimum Gasteiger partial charge on any atom is -0.318 e. The highest BCUT2D eigenvalue weighted by atomic mass is 15.2. The van der Waals surface area contributed by atoms with Gasteiger partial charge in [-0.1, -0.05) is 13.3 Å². The molecule has 2 fully saturated rings. The molecule has 88 valence electrons. The van der Waals surface area contributed by atoms with Crippen LogP contribution in [0.5, 0.6) is 0 Å². The molecule has 2 nitrogen and oxygen atoms in total. The monoisotopic (exact) mass is 210 g/mol. The highest BCUT2D eigenvalue weighted by Gasteiger charge is 2.37. The molecule has 0 bridgehead atoms. The average molecular weight is 210 g/mol. The zero-order valence-corrected chi connectivity index (χ0v) is 10.3. The predicted octanol–water partition coefficient (Wildman–Crippen LogP) is 2.25. The zero-order chi connectivity index (χ0) is 10.7. The minimum absolute atomic E-state index is 0.814. The van der Waals surface area contributed by atoms with E-state index in [-0.39, 0.29) is 0 Å². The van der Waals surface area contributed by atoms with Gasteiger partial charge in [-0.15, -0.1) is 0 Å². The molecule has 1 aliphatic heterocycles. The van der Waals surface area contributed by atoms with E-state index >= 15 is 0 Å². The predicted molar refractivity (Wildman–Crippen MR) is 65.1 cm³/mol. The molecule has 2 aliphatic rings. The Bertz CT molecular complexity index is 187. The summed E-state index contributed by atoms with van der Waals surface area (Å²) in [5.74, 6) is 1.03. The summed E-state index contributed by atoms with van der Waals surface area (Å²) in [7, 11) is 2.09. The van der Waals surface area contributed by atoms with Crippen LogP contribution in [0.1, 0.15) is 45.4 Å². The molecule has 1 saturated carbocycles. The highest BCUT2D eigenvalue weighted by Crippen LogP contribution is 2.38. The summed E-state index contributed by atoms with van der Waals surface area (Å²) in [5.41, 5.74) is 0. The lowest BCUT2D eigenvalue weighted by atomic mass is 9.96. The van der Waals surface area contributed by atoms with Gasteiger partial charge in [-0.25, -0.2) is 0 Å². The van der Waals surface area contributed by atoms with E-state index in [0.29, 0.717) is 0 Å². The van der Waals surface area contributed by atoms with Crippen molar-refractivity contribution >= 4 is 0 Å². The van der Waals surface area contributed by atoms with Crippen LogP contribution in [0.4, 0.5) is 0 Å². The highest BCUT2D eigenvalue weighted by molar-refractivity contribution is 4.92. The maximum Gasteiger partial charge on any atom is 0.0223 e. The van der Waals surface area contributed by atoms with Gasteiger partial charge in [0.2, 0.25) is 0 Å². The fraction of sp³-hybridized carbons (Fsp3) is 1.00. The maximum absolute atomic E-state index is 3.36. The molecule has 1 saturated heterocycles. The number of hydrogen-bond acceptors (Lipinski definition) is 2. The third-order valence-corrected chi connectivity index (χ3v) is 4.12. The number of likely N-dealkylation sites (N-methyl/N-ethyl adjacent to an activating group) is 1. The lowest BCUT2D eigenvalue weighted by Gasteiger charge is -2.41. The number of rotatable bonds is 5. The molecule has 15 heavy (non-hydrogen) atoms. The Morgan fingerprint density at radius 3 is 2.67 bits per heavy atom. The largest absolute Gasteiger partial charge is 0.318 e. The van der Waals surface area contributed by atoms with Crippen LogP contribution in [-0.4, -0.2) is 37.1 Å².